The molecule has 140 valence electrons. The first-order valence-electron chi connectivity index (χ1n) is 8.41. The average Bonchev–Trinajstić information content (AvgIpc) is 3.14. The van der Waals surface area contributed by atoms with E-state index >= 15 is 0 Å². The fourth-order valence-corrected chi connectivity index (χ4v) is 3.68. The number of phenolic OH excluding ortho intramolecular Hbond substituents is 1. The Kier molecular flexibility index (Phi) is 6.78. The van der Waals surface area contributed by atoms with Gasteiger partial charge in [-0.1, -0.05) is 41.6 Å². The van der Waals surface area contributed by atoms with Crippen LogP contribution in [-0.2, 0) is 4.79 Å². The van der Waals surface area contributed by atoms with E-state index < -0.39 is 0 Å². The number of hydrogen-bond donors (Lipinski definition) is 3. The lowest BCUT2D eigenvalue weighted by atomic mass is 10.2. The van der Waals surface area contributed by atoms with Crippen LogP contribution < -0.4 is 5.32 Å². The normalized spacial score (nSPS) is 10.7. The maximum absolute atomic E-state index is 12.0. The molecule has 0 aliphatic carbocycles. The number of amides is 1. The molecule has 0 fully saturated rings. The summed E-state index contributed by atoms with van der Waals surface area (Å²) in [6.07, 6.45) is 0. The fraction of sp³-hybridized carbons (Fsp3) is 0.211. The summed E-state index contributed by atoms with van der Waals surface area (Å²) < 4.78 is 0. The van der Waals surface area contributed by atoms with Crippen molar-refractivity contribution >= 4 is 29.4 Å². The number of para-hydroxylation sites is 1. The molecular weight excluding hydrogens is 380 g/mol. The number of aromatic hydroxyl groups is 1. The van der Waals surface area contributed by atoms with Crippen molar-refractivity contribution in [3.63, 3.8) is 0 Å². The second kappa shape index (κ2) is 9.48. The summed E-state index contributed by atoms with van der Waals surface area (Å²) in [5.41, 5.74) is 1.82. The topological polar surface area (TPSA) is 90.9 Å². The van der Waals surface area contributed by atoms with E-state index in [1.807, 2.05) is 6.07 Å². The van der Waals surface area contributed by atoms with Crippen molar-refractivity contribution in [2.24, 2.45) is 0 Å². The number of carbonyl (C=O) groups is 1. The number of carbonyl (C=O) groups excluding carboxylic acids is 1. The van der Waals surface area contributed by atoms with Gasteiger partial charge in [-0.25, -0.2) is 4.98 Å². The van der Waals surface area contributed by atoms with Crippen LogP contribution in [0, 0.1) is 6.92 Å². The zero-order valence-corrected chi connectivity index (χ0v) is 16.4. The summed E-state index contributed by atoms with van der Waals surface area (Å²) in [6.45, 7) is 2.67. The van der Waals surface area contributed by atoms with Crippen LogP contribution in [0.5, 0.6) is 5.75 Å². The van der Waals surface area contributed by atoms with Gasteiger partial charge in [-0.2, -0.15) is 0 Å². The van der Waals surface area contributed by atoms with Crippen molar-refractivity contribution in [2.75, 3.05) is 18.1 Å². The van der Waals surface area contributed by atoms with Crippen LogP contribution in [-0.4, -0.2) is 44.2 Å². The maximum atomic E-state index is 12.0. The van der Waals surface area contributed by atoms with E-state index in [9.17, 15) is 9.90 Å². The summed E-state index contributed by atoms with van der Waals surface area (Å²) in [5.74, 6) is 1.61. The molecule has 0 saturated heterocycles. The van der Waals surface area contributed by atoms with E-state index in [1.54, 1.807) is 30.0 Å². The highest BCUT2D eigenvalue weighted by atomic mass is 32.2. The van der Waals surface area contributed by atoms with Gasteiger partial charge in [-0.15, -0.1) is 16.9 Å². The molecule has 3 rings (SSSR count). The number of benzene rings is 2. The molecule has 0 saturated carbocycles. The van der Waals surface area contributed by atoms with Crippen molar-refractivity contribution in [1.29, 1.82) is 0 Å². The lowest BCUT2D eigenvalue weighted by Gasteiger charge is -2.04. The van der Waals surface area contributed by atoms with Gasteiger partial charge in [-0.3, -0.25) is 9.89 Å². The Morgan fingerprint density at radius 3 is 2.70 bits per heavy atom. The predicted molar refractivity (Wildman–Crippen MR) is 109 cm³/mol. The van der Waals surface area contributed by atoms with Crippen LogP contribution in [0.2, 0.25) is 0 Å². The Bertz CT molecular complexity index is 897. The second-order valence-corrected chi connectivity index (χ2v) is 7.89. The van der Waals surface area contributed by atoms with Crippen LogP contribution in [0.4, 0.5) is 0 Å². The van der Waals surface area contributed by atoms with Gasteiger partial charge in [0.25, 0.3) is 0 Å². The highest BCUT2D eigenvalue weighted by Crippen LogP contribution is 2.26. The van der Waals surface area contributed by atoms with Gasteiger partial charge in [0.05, 0.1) is 11.3 Å². The number of aromatic amines is 1. The van der Waals surface area contributed by atoms with Crippen LogP contribution in [0.15, 0.2) is 58.6 Å². The monoisotopic (exact) mass is 400 g/mol. The molecule has 0 unspecified atom stereocenters. The Morgan fingerprint density at radius 1 is 1.15 bits per heavy atom. The van der Waals surface area contributed by atoms with E-state index in [0.717, 1.165) is 5.75 Å². The quantitative estimate of drug-likeness (QED) is 0.396. The molecule has 1 amide bonds. The molecule has 8 heteroatoms. The highest BCUT2D eigenvalue weighted by molar-refractivity contribution is 7.99. The predicted octanol–water partition coefficient (Wildman–Crippen LogP) is 3.49. The number of aromatic nitrogens is 3. The number of nitrogens with one attached hydrogen (secondary N) is 2. The maximum Gasteiger partial charge on any atom is 0.230 e. The lowest BCUT2D eigenvalue weighted by Crippen LogP contribution is -2.27. The van der Waals surface area contributed by atoms with Crippen molar-refractivity contribution in [2.45, 2.75) is 17.0 Å². The number of thioether (sulfide) groups is 2. The molecular formula is C19H20N4O2S2. The Labute approximate surface area is 166 Å². The summed E-state index contributed by atoms with van der Waals surface area (Å²) >= 11 is 2.96. The second-order valence-electron chi connectivity index (χ2n) is 5.78. The van der Waals surface area contributed by atoms with Crippen LogP contribution >= 0.6 is 23.5 Å². The van der Waals surface area contributed by atoms with E-state index in [2.05, 4.69) is 51.7 Å². The fourth-order valence-electron chi connectivity index (χ4n) is 2.28. The van der Waals surface area contributed by atoms with E-state index in [-0.39, 0.29) is 17.4 Å². The van der Waals surface area contributed by atoms with Crippen LogP contribution in [0.25, 0.3) is 11.4 Å². The molecule has 3 N–H and O–H groups in total. The minimum atomic E-state index is -0.0570. The third-order valence-corrected chi connectivity index (χ3v) is 5.53. The van der Waals surface area contributed by atoms with Crippen molar-refractivity contribution in [1.82, 2.24) is 20.5 Å². The molecule has 2 aromatic carbocycles. The molecule has 0 aliphatic rings. The van der Waals surface area contributed by atoms with Gasteiger partial charge in [0.15, 0.2) is 5.82 Å². The zero-order valence-electron chi connectivity index (χ0n) is 14.8. The highest BCUT2D eigenvalue weighted by Gasteiger charge is 2.11. The van der Waals surface area contributed by atoms with Crippen LogP contribution in [0.3, 0.4) is 0 Å². The van der Waals surface area contributed by atoms with Gasteiger partial charge >= 0.3 is 0 Å². The Hall–Kier alpha value is -2.45. The number of H-pyrrole nitrogens is 1. The molecule has 6 nitrogen and oxygen atoms in total. The standard InChI is InChI=1S/C19H20N4O2S2/c1-13-6-8-14(9-7-13)26-11-10-20-17(25)12-27-19-21-18(22-23-19)15-4-2-3-5-16(15)24/h2-9,24H,10-12H2,1H3,(H,20,25)(H,21,22,23). The molecule has 0 bridgehead atoms. The van der Waals surface area contributed by atoms with Gasteiger partial charge in [0, 0.05) is 17.2 Å². The number of nitrogens with zero attached hydrogens (tertiary/aromatic N) is 2. The summed E-state index contributed by atoms with van der Waals surface area (Å²) in [7, 11) is 0. The van der Waals surface area contributed by atoms with E-state index in [0.29, 0.717) is 23.1 Å². The molecule has 0 spiro atoms. The first-order chi connectivity index (χ1) is 13.1. The third kappa shape index (κ3) is 5.77. The summed E-state index contributed by atoms with van der Waals surface area (Å²) in [6, 6.07) is 15.2. The molecule has 3 aromatic rings. The number of rotatable bonds is 8. The molecule has 0 aliphatic heterocycles. The molecule has 1 aromatic heterocycles. The third-order valence-electron chi connectivity index (χ3n) is 3.67. The lowest BCUT2D eigenvalue weighted by molar-refractivity contribution is -0.118. The Balaban J connectivity index is 1.39. The van der Waals surface area contributed by atoms with Crippen molar-refractivity contribution in [3.8, 4) is 17.1 Å². The minimum Gasteiger partial charge on any atom is -0.507 e. The summed E-state index contributed by atoms with van der Waals surface area (Å²) in [5, 5.41) is 20.1. The van der Waals surface area contributed by atoms with Crippen molar-refractivity contribution < 1.29 is 9.90 Å². The largest absolute Gasteiger partial charge is 0.507 e. The Morgan fingerprint density at radius 2 is 1.93 bits per heavy atom. The number of aryl methyl sites for hydroxylation is 1. The molecule has 0 radical (unpaired) electrons. The van der Waals surface area contributed by atoms with Gasteiger partial charge in [0.2, 0.25) is 11.1 Å². The van der Waals surface area contributed by atoms with Crippen molar-refractivity contribution in [3.05, 3.63) is 54.1 Å². The first-order valence-corrected chi connectivity index (χ1v) is 10.4. The smallest absolute Gasteiger partial charge is 0.230 e. The first kappa shape index (κ1) is 19.3. The van der Waals surface area contributed by atoms with Gasteiger partial charge < -0.3 is 10.4 Å². The van der Waals surface area contributed by atoms with E-state index in [1.165, 1.54) is 22.2 Å². The summed E-state index contributed by atoms with van der Waals surface area (Å²) in [4.78, 5) is 17.5. The van der Waals surface area contributed by atoms with Gasteiger partial charge in [0.1, 0.15) is 5.75 Å². The SMILES string of the molecule is Cc1ccc(SCCNC(=O)CSc2n[nH]c(-c3ccccc3O)n2)cc1. The molecule has 0 atom stereocenters. The number of hydrogen-bond acceptors (Lipinski definition) is 6. The minimum absolute atomic E-state index is 0.0570. The zero-order chi connectivity index (χ0) is 19.1. The molecule has 27 heavy (non-hydrogen) atoms. The average molecular weight is 401 g/mol. The molecule has 1 heterocycles. The van der Waals surface area contributed by atoms with Gasteiger partial charge in [-0.05, 0) is 31.2 Å². The van der Waals surface area contributed by atoms with E-state index in [4.69, 9.17) is 0 Å². The number of phenols is 1. The van der Waals surface area contributed by atoms with Crippen LogP contribution in [0.1, 0.15) is 5.56 Å².